The van der Waals surface area contributed by atoms with Crippen LogP contribution in [-0.4, -0.2) is 6.04 Å². The fourth-order valence-corrected chi connectivity index (χ4v) is 1.71. The van der Waals surface area contributed by atoms with Gasteiger partial charge in [0.25, 0.3) is 0 Å². The summed E-state index contributed by atoms with van der Waals surface area (Å²) in [5.41, 5.74) is 4.34. The van der Waals surface area contributed by atoms with Gasteiger partial charge in [0.05, 0.1) is 5.02 Å². The molecule has 0 aliphatic heterocycles. The highest BCUT2D eigenvalue weighted by Crippen LogP contribution is 2.19. The van der Waals surface area contributed by atoms with Gasteiger partial charge in [-0.2, -0.15) is 0 Å². The van der Waals surface area contributed by atoms with E-state index >= 15 is 0 Å². The molecule has 0 radical (unpaired) electrons. The molecule has 2 nitrogen and oxygen atoms in total. The van der Waals surface area contributed by atoms with E-state index in [1.54, 1.807) is 12.1 Å². The summed E-state index contributed by atoms with van der Waals surface area (Å²) in [6.07, 6.45) is 2.44. The van der Waals surface area contributed by atoms with Crippen molar-refractivity contribution in [2.45, 2.75) is 26.3 Å². The predicted octanol–water partition coefficient (Wildman–Crippen LogP) is 2.82. The lowest BCUT2D eigenvalue weighted by atomic mass is 10.0. The number of hydrogen-bond acceptors (Lipinski definition) is 2. The second-order valence-electron chi connectivity index (χ2n) is 3.93. The van der Waals surface area contributed by atoms with Gasteiger partial charge in [0.2, 0.25) is 0 Å². The Kier molecular flexibility index (Phi) is 4.93. The molecule has 0 bridgehead atoms. The van der Waals surface area contributed by atoms with Gasteiger partial charge in [0, 0.05) is 6.04 Å². The fourth-order valence-electron chi connectivity index (χ4n) is 1.51. The predicted molar refractivity (Wildman–Crippen MR) is 65.7 cm³/mol. The number of halogens is 2. The Morgan fingerprint density at radius 1 is 1.56 bits per heavy atom. The van der Waals surface area contributed by atoms with Gasteiger partial charge >= 0.3 is 0 Å². The fraction of sp³-hybridized carbons (Fsp3) is 0.333. The van der Waals surface area contributed by atoms with E-state index in [2.05, 4.69) is 5.43 Å². The average molecular weight is 243 g/mol. The summed E-state index contributed by atoms with van der Waals surface area (Å²) in [6.45, 7) is 3.94. The number of allylic oxidation sites excluding steroid dienone is 1. The van der Waals surface area contributed by atoms with E-state index < -0.39 is 0 Å². The van der Waals surface area contributed by atoms with Crippen molar-refractivity contribution in [3.63, 3.8) is 0 Å². The quantitative estimate of drug-likeness (QED) is 0.484. The summed E-state index contributed by atoms with van der Waals surface area (Å²) in [7, 11) is 0. The van der Waals surface area contributed by atoms with E-state index in [-0.39, 0.29) is 16.9 Å². The second kappa shape index (κ2) is 5.99. The minimum absolute atomic E-state index is 0.0852. The molecule has 1 aromatic carbocycles. The molecule has 0 amide bonds. The minimum atomic E-state index is -0.369. The third-order valence-electron chi connectivity index (χ3n) is 2.22. The smallest absolute Gasteiger partial charge is 0.145 e. The molecular formula is C12H16ClFN2. The maximum Gasteiger partial charge on any atom is 0.145 e. The summed E-state index contributed by atoms with van der Waals surface area (Å²) in [4.78, 5) is 0. The highest BCUT2D eigenvalue weighted by atomic mass is 35.5. The SMILES string of the molecule is CC(C)=CC(Cc1cccc(Cl)c1F)NN. The van der Waals surface area contributed by atoms with Gasteiger partial charge in [0.15, 0.2) is 0 Å². The first-order valence-electron chi connectivity index (χ1n) is 5.08. The van der Waals surface area contributed by atoms with Crippen LogP contribution < -0.4 is 11.3 Å². The number of nitrogens with one attached hydrogen (secondary N) is 1. The molecule has 0 aromatic heterocycles. The highest BCUT2D eigenvalue weighted by molar-refractivity contribution is 6.30. The zero-order valence-electron chi connectivity index (χ0n) is 9.43. The normalized spacial score (nSPS) is 12.3. The third kappa shape index (κ3) is 3.59. The van der Waals surface area contributed by atoms with Crippen LogP contribution in [0.1, 0.15) is 19.4 Å². The third-order valence-corrected chi connectivity index (χ3v) is 2.51. The number of rotatable bonds is 4. The van der Waals surface area contributed by atoms with Crippen LogP contribution in [0.4, 0.5) is 4.39 Å². The van der Waals surface area contributed by atoms with Gasteiger partial charge in [0.1, 0.15) is 5.82 Å². The molecule has 0 aliphatic carbocycles. The molecule has 3 N–H and O–H groups in total. The van der Waals surface area contributed by atoms with Crippen molar-refractivity contribution in [1.82, 2.24) is 5.43 Å². The lowest BCUT2D eigenvalue weighted by Crippen LogP contribution is -2.35. The van der Waals surface area contributed by atoms with E-state index in [0.29, 0.717) is 12.0 Å². The van der Waals surface area contributed by atoms with Crippen LogP contribution in [0.2, 0.25) is 5.02 Å². The number of hydrogen-bond donors (Lipinski definition) is 2. The minimum Gasteiger partial charge on any atom is -0.271 e. The Balaban J connectivity index is 2.86. The molecular weight excluding hydrogens is 227 g/mol. The van der Waals surface area contributed by atoms with E-state index in [4.69, 9.17) is 17.4 Å². The van der Waals surface area contributed by atoms with Gasteiger partial charge in [-0.3, -0.25) is 11.3 Å². The standard InChI is InChI=1S/C12H16ClFN2/c1-8(2)6-10(16-15)7-9-4-3-5-11(13)12(9)14/h3-6,10,16H,7,15H2,1-2H3. The Morgan fingerprint density at radius 3 is 2.81 bits per heavy atom. The Bertz CT molecular complexity index is 387. The summed E-state index contributed by atoms with van der Waals surface area (Å²) < 4.78 is 13.6. The molecule has 4 heteroatoms. The molecule has 0 spiro atoms. The number of hydrazine groups is 1. The van der Waals surface area contributed by atoms with E-state index in [1.807, 2.05) is 19.9 Å². The van der Waals surface area contributed by atoms with Gasteiger partial charge in [-0.25, -0.2) is 4.39 Å². The topological polar surface area (TPSA) is 38.0 Å². The molecule has 0 saturated heterocycles. The maximum atomic E-state index is 13.6. The van der Waals surface area contributed by atoms with Gasteiger partial charge in [-0.15, -0.1) is 0 Å². The largest absolute Gasteiger partial charge is 0.271 e. The molecule has 0 fully saturated rings. The second-order valence-corrected chi connectivity index (χ2v) is 4.34. The Hall–Kier alpha value is -0.900. The van der Waals surface area contributed by atoms with Crippen molar-refractivity contribution >= 4 is 11.6 Å². The van der Waals surface area contributed by atoms with Crippen LogP contribution in [0.5, 0.6) is 0 Å². The summed E-state index contributed by atoms with van der Waals surface area (Å²) in [5.74, 6) is 5.04. The summed E-state index contributed by atoms with van der Waals surface area (Å²) >= 11 is 5.70. The molecule has 16 heavy (non-hydrogen) atoms. The maximum absolute atomic E-state index is 13.6. The molecule has 1 aromatic rings. The molecule has 1 unspecified atom stereocenters. The van der Waals surface area contributed by atoms with Crippen molar-refractivity contribution in [2.24, 2.45) is 5.84 Å². The van der Waals surface area contributed by atoms with Crippen LogP contribution in [0.25, 0.3) is 0 Å². The van der Waals surface area contributed by atoms with Crippen LogP contribution >= 0.6 is 11.6 Å². The highest BCUT2D eigenvalue weighted by Gasteiger charge is 2.10. The van der Waals surface area contributed by atoms with Crippen molar-refractivity contribution in [2.75, 3.05) is 0 Å². The van der Waals surface area contributed by atoms with Gasteiger partial charge < -0.3 is 0 Å². The summed E-state index contributed by atoms with van der Waals surface area (Å²) in [6, 6.07) is 4.89. The first-order valence-corrected chi connectivity index (χ1v) is 5.46. The zero-order chi connectivity index (χ0) is 12.1. The lowest BCUT2D eigenvalue weighted by molar-refractivity contribution is 0.570. The van der Waals surface area contributed by atoms with Crippen LogP contribution in [0.15, 0.2) is 29.8 Å². The van der Waals surface area contributed by atoms with Gasteiger partial charge in [-0.05, 0) is 31.9 Å². The molecule has 0 aliphatic rings. The van der Waals surface area contributed by atoms with Crippen molar-refractivity contribution < 1.29 is 4.39 Å². The Labute approximate surface area is 100 Å². The average Bonchev–Trinajstić information content (AvgIpc) is 2.23. The van der Waals surface area contributed by atoms with E-state index in [1.165, 1.54) is 6.07 Å². The molecule has 88 valence electrons. The van der Waals surface area contributed by atoms with Gasteiger partial charge in [-0.1, -0.05) is 35.4 Å². The van der Waals surface area contributed by atoms with Crippen LogP contribution in [0, 0.1) is 5.82 Å². The van der Waals surface area contributed by atoms with Crippen LogP contribution in [-0.2, 0) is 6.42 Å². The molecule has 1 rings (SSSR count). The van der Waals surface area contributed by atoms with E-state index in [0.717, 1.165) is 5.57 Å². The first kappa shape index (κ1) is 13.2. The molecule has 0 saturated carbocycles. The monoisotopic (exact) mass is 242 g/mol. The van der Waals surface area contributed by atoms with Crippen molar-refractivity contribution in [3.05, 3.63) is 46.3 Å². The molecule has 1 atom stereocenters. The van der Waals surface area contributed by atoms with Crippen molar-refractivity contribution in [3.8, 4) is 0 Å². The molecule has 0 heterocycles. The number of nitrogens with two attached hydrogens (primary N) is 1. The van der Waals surface area contributed by atoms with E-state index in [9.17, 15) is 4.39 Å². The summed E-state index contributed by atoms with van der Waals surface area (Å²) in [5, 5.41) is 0.144. The lowest BCUT2D eigenvalue weighted by Gasteiger charge is -2.13. The first-order chi connectivity index (χ1) is 7.54. The van der Waals surface area contributed by atoms with Crippen LogP contribution in [0.3, 0.4) is 0 Å². The zero-order valence-corrected chi connectivity index (χ0v) is 10.2. The Morgan fingerprint density at radius 2 is 2.25 bits per heavy atom. The van der Waals surface area contributed by atoms with Crippen molar-refractivity contribution in [1.29, 1.82) is 0 Å². The number of benzene rings is 1.